The molecule has 1 N–H and O–H groups in total. The van der Waals surface area contributed by atoms with E-state index in [-0.39, 0.29) is 5.97 Å². The Morgan fingerprint density at radius 1 is 0.969 bits per heavy atom. The van der Waals surface area contributed by atoms with E-state index < -0.39 is 0 Å². The molecular weight excluding hydrogens is 398 g/mol. The van der Waals surface area contributed by atoms with Crippen molar-refractivity contribution in [3.05, 3.63) is 83.4 Å². The van der Waals surface area contributed by atoms with Crippen LogP contribution in [0, 0.1) is 0 Å². The fraction of sp³-hybridized carbons (Fsp3) is 0.321. The van der Waals surface area contributed by atoms with Crippen LogP contribution in [-0.4, -0.2) is 32.3 Å². The lowest BCUT2D eigenvalue weighted by molar-refractivity contribution is 0.0600. The number of rotatable bonds is 8. The maximum absolute atomic E-state index is 11.7. The summed E-state index contributed by atoms with van der Waals surface area (Å²) in [5, 5.41) is 6.03. The summed E-state index contributed by atoms with van der Waals surface area (Å²) in [6.45, 7) is 1.29. The number of carbonyl (C=O) groups excluding carboxylic acids is 1. The Bertz CT molecular complexity index is 1060. The third kappa shape index (κ3) is 5.77. The van der Waals surface area contributed by atoms with Crippen molar-refractivity contribution in [2.45, 2.75) is 38.1 Å². The van der Waals surface area contributed by atoms with Crippen molar-refractivity contribution in [1.29, 1.82) is 0 Å². The molecular formula is C28H31NO3. The summed E-state index contributed by atoms with van der Waals surface area (Å²) in [7, 11) is 1.40. The molecule has 0 spiro atoms. The predicted octanol–water partition coefficient (Wildman–Crippen LogP) is 6.01. The lowest BCUT2D eigenvalue weighted by Gasteiger charge is -2.23. The highest BCUT2D eigenvalue weighted by Gasteiger charge is 2.13. The maximum atomic E-state index is 11.7. The van der Waals surface area contributed by atoms with Crippen molar-refractivity contribution in [2.75, 3.05) is 20.3 Å². The molecule has 0 heterocycles. The molecule has 3 aromatic carbocycles. The summed E-state index contributed by atoms with van der Waals surface area (Å²) in [4.78, 5) is 11.7. The van der Waals surface area contributed by atoms with Gasteiger partial charge in [-0.15, -0.1) is 0 Å². The Labute approximate surface area is 190 Å². The van der Waals surface area contributed by atoms with Gasteiger partial charge in [-0.1, -0.05) is 73.9 Å². The van der Waals surface area contributed by atoms with Crippen LogP contribution in [-0.2, 0) is 4.74 Å². The molecule has 1 aliphatic rings. The van der Waals surface area contributed by atoms with E-state index in [0.29, 0.717) is 18.2 Å². The zero-order valence-electron chi connectivity index (χ0n) is 18.7. The molecule has 1 saturated carbocycles. The van der Waals surface area contributed by atoms with E-state index >= 15 is 0 Å². The number of fused-ring (bicyclic) bond motifs is 1. The van der Waals surface area contributed by atoms with E-state index in [4.69, 9.17) is 9.47 Å². The molecule has 32 heavy (non-hydrogen) atoms. The Hall–Kier alpha value is -3.11. The highest BCUT2D eigenvalue weighted by molar-refractivity contribution is 5.89. The molecule has 1 aliphatic carbocycles. The summed E-state index contributed by atoms with van der Waals surface area (Å²) in [5.74, 6) is 0.576. The fourth-order valence-electron chi connectivity index (χ4n) is 4.29. The van der Waals surface area contributed by atoms with Crippen LogP contribution in [0.15, 0.2) is 72.3 Å². The molecule has 0 saturated heterocycles. The van der Waals surface area contributed by atoms with Crippen molar-refractivity contribution >= 4 is 22.8 Å². The van der Waals surface area contributed by atoms with Gasteiger partial charge in [-0.2, -0.15) is 0 Å². The second-order valence-corrected chi connectivity index (χ2v) is 8.40. The van der Waals surface area contributed by atoms with E-state index in [9.17, 15) is 4.79 Å². The van der Waals surface area contributed by atoms with Crippen molar-refractivity contribution in [3.63, 3.8) is 0 Å². The lowest BCUT2D eigenvalue weighted by Crippen LogP contribution is -2.33. The van der Waals surface area contributed by atoms with Gasteiger partial charge < -0.3 is 14.8 Å². The minimum Gasteiger partial charge on any atom is -0.489 e. The minimum atomic E-state index is -0.320. The zero-order valence-corrected chi connectivity index (χ0v) is 18.7. The molecule has 166 valence electrons. The van der Waals surface area contributed by atoms with E-state index in [0.717, 1.165) is 23.2 Å². The van der Waals surface area contributed by atoms with Crippen molar-refractivity contribution in [3.8, 4) is 5.75 Å². The molecule has 0 unspecified atom stereocenters. The molecule has 0 atom stereocenters. The van der Waals surface area contributed by atoms with Crippen molar-refractivity contribution < 1.29 is 14.3 Å². The fourth-order valence-corrected chi connectivity index (χ4v) is 4.29. The maximum Gasteiger partial charge on any atom is 0.337 e. The summed E-state index contributed by atoms with van der Waals surface area (Å²) in [6, 6.07) is 22.5. The van der Waals surface area contributed by atoms with Crippen LogP contribution in [0.5, 0.6) is 5.75 Å². The average Bonchev–Trinajstić information content (AvgIpc) is 2.86. The van der Waals surface area contributed by atoms with Gasteiger partial charge in [0, 0.05) is 18.0 Å². The van der Waals surface area contributed by atoms with Gasteiger partial charge in [0.25, 0.3) is 0 Å². The van der Waals surface area contributed by atoms with Crippen LogP contribution in [0.2, 0.25) is 0 Å². The molecule has 0 aliphatic heterocycles. The van der Waals surface area contributed by atoms with Gasteiger partial charge in [0.1, 0.15) is 12.4 Å². The smallest absolute Gasteiger partial charge is 0.337 e. The number of hydrogen-bond acceptors (Lipinski definition) is 4. The molecule has 4 rings (SSSR count). The standard InChI is InChI=1S/C28H31NO3/c1-31-28(30)24-16-14-21(15-17-24)18-22(19-29-25-10-3-2-4-11-25)20-32-27-13-7-9-23-8-5-6-12-26(23)27/h5-9,12-18,25,29H,2-4,10-11,19-20H2,1H3/b22-18-. The van der Waals surface area contributed by atoms with Crippen molar-refractivity contribution in [1.82, 2.24) is 5.32 Å². The number of esters is 1. The van der Waals surface area contributed by atoms with Crippen LogP contribution in [0.25, 0.3) is 16.8 Å². The van der Waals surface area contributed by atoms with E-state index in [1.54, 1.807) is 12.1 Å². The van der Waals surface area contributed by atoms with Crippen molar-refractivity contribution in [2.24, 2.45) is 0 Å². The van der Waals surface area contributed by atoms with Crippen LogP contribution >= 0.6 is 0 Å². The molecule has 1 fully saturated rings. The monoisotopic (exact) mass is 429 g/mol. The van der Waals surface area contributed by atoms with Gasteiger partial charge in [-0.05, 0) is 47.6 Å². The Kier molecular flexibility index (Phi) is 7.57. The Morgan fingerprint density at radius 2 is 1.72 bits per heavy atom. The summed E-state index contributed by atoms with van der Waals surface area (Å²) in [6.07, 6.45) is 8.59. The Morgan fingerprint density at radius 3 is 2.50 bits per heavy atom. The minimum absolute atomic E-state index is 0.320. The van der Waals surface area contributed by atoms with E-state index in [2.05, 4.69) is 29.6 Å². The van der Waals surface area contributed by atoms with E-state index in [1.165, 1.54) is 50.2 Å². The third-order valence-corrected chi connectivity index (χ3v) is 6.09. The third-order valence-electron chi connectivity index (χ3n) is 6.09. The number of hydrogen-bond donors (Lipinski definition) is 1. The number of benzene rings is 3. The van der Waals surface area contributed by atoms with E-state index in [1.807, 2.05) is 36.4 Å². The summed E-state index contributed by atoms with van der Waals surface area (Å²) in [5.41, 5.74) is 2.77. The van der Waals surface area contributed by atoms with Gasteiger partial charge >= 0.3 is 5.97 Å². The second kappa shape index (κ2) is 11.0. The number of ether oxygens (including phenoxy) is 2. The molecule has 0 radical (unpaired) electrons. The zero-order chi connectivity index (χ0) is 22.2. The second-order valence-electron chi connectivity index (χ2n) is 8.40. The summed E-state index contributed by atoms with van der Waals surface area (Å²) >= 11 is 0. The molecule has 0 bridgehead atoms. The van der Waals surface area contributed by atoms with Gasteiger partial charge in [-0.25, -0.2) is 4.79 Å². The average molecular weight is 430 g/mol. The lowest BCUT2D eigenvalue weighted by atomic mass is 9.95. The molecule has 4 nitrogen and oxygen atoms in total. The highest BCUT2D eigenvalue weighted by atomic mass is 16.5. The van der Waals surface area contributed by atoms with Crippen LogP contribution < -0.4 is 10.1 Å². The first-order valence-corrected chi connectivity index (χ1v) is 11.4. The van der Waals surface area contributed by atoms with Crippen LogP contribution in [0.3, 0.4) is 0 Å². The SMILES string of the molecule is COC(=O)c1ccc(/C=C(/CNC2CCCCC2)COc2cccc3ccccc23)cc1. The Balaban J connectivity index is 1.51. The normalized spacial score (nSPS) is 15.0. The van der Waals surface area contributed by atoms with Crippen LogP contribution in [0.1, 0.15) is 48.0 Å². The van der Waals surface area contributed by atoms with Crippen LogP contribution in [0.4, 0.5) is 0 Å². The van der Waals surface area contributed by atoms with Gasteiger partial charge in [0.05, 0.1) is 12.7 Å². The van der Waals surface area contributed by atoms with Gasteiger partial charge in [0.2, 0.25) is 0 Å². The first-order valence-electron chi connectivity index (χ1n) is 11.4. The molecule has 4 heteroatoms. The first-order chi connectivity index (χ1) is 15.7. The molecule has 0 aromatic heterocycles. The largest absolute Gasteiger partial charge is 0.489 e. The topological polar surface area (TPSA) is 47.6 Å². The summed E-state index contributed by atoms with van der Waals surface area (Å²) < 4.78 is 11.1. The quantitative estimate of drug-likeness (QED) is 0.446. The number of carbonyl (C=O) groups is 1. The predicted molar refractivity (Wildman–Crippen MR) is 130 cm³/mol. The highest BCUT2D eigenvalue weighted by Crippen LogP contribution is 2.26. The first kappa shape index (κ1) is 22.1. The van der Waals surface area contributed by atoms with Gasteiger partial charge in [0.15, 0.2) is 0 Å². The number of methoxy groups -OCH3 is 1. The molecule has 3 aromatic rings. The molecule has 0 amide bonds. The number of nitrogens with one attached hydrogen (secondary N) is 1. The van der Waals surface area contributed by atoms with Gasteiger partial charge in [-0.3, -0.25) is 0 Å².